The summed E-state index contributed by atoms with van der Waals surface area (Å²) in [5.74, 6) is 0.751. The molecule has 1 aliphatic rings. The first-order valence-corrected chi connectivity index (χ1v) is 16.4. The number of amides is 2. The Kier molecular flexibility index (Phi) is 10.4. The molecule has 4 N–H and O–H groups in total. The Hall–Kier alpha value is -4.75. The predicted octanol–water partition coefficient (Wildman–Crippen LogP) is 5.68. The van der Waals surface area contributed by atoms with E-state index in [4.69, 9.17) is 9.47 Å². The van der Waals surface area contributed by atoms with E-state index >= 15 is 0 Å². The highest BCUT2D eigenvalue weighted by Gasteiger charge is 2.32. The van der Waals surface area contributed by atoms with Gasteiger partial charge < -0.3 is 30.3 Å². The van der Waals surface area contributed by atoms with Crippen molar-refractivity contribution in [3.63, 3.8) is 0 Å². The van der Waals surface area contributed by atoms with E-state index in [1.54, 1.807) is 28.9 Å². The number of benzene rings is 4. The minimum Gasteiger partial charge on any atom is -0.508 e. The predicted molar refractivity (Wildman–Crippen MR) is 178 cm³/mol. The minimum atomic E-state index is -0.605. The SMILES string of the molecule is CCNC(=O)NCc1cccc(-c2ccc([C@H]3O[C@@H](CSc4nnnn4-c4ccc(O)cc4)C[C@@H](c4ccc(CO)cc4)O3)cc2)c1. The number of aromatic nitrogens is 4. The first kappa shape index (κ1) is 32.2. The van der Waals surface area contributed by atoms with Crippen molar-refractivity contribution in [1.82, 2.24) is 30.8 Å². The highest BCUT2D eigenvalue weighted by atomic mass is 32.2. The van der Waals surface area contributed by atoms with Gasteiger partial charge in [0.05, 0.1) is 24.5 Å². The largest absolute Gasteiger partial charge is 0.508 e. The molecule has 0 radical (unpaired) electrons. The summed E-state index contributed by atoms with van der Waals surface area (Å²) in [5.41, 5.74) is 6.56. The Morgan fingerprint density at radius 2 is 1.68 bits per heavy atom. The van der Waals surface area contributed by atoms with Crippen LogP contribution in [0, 0.1) is 0 Å². The standard InChI is InChI=1S/C35H36N6O5S/c1-2-36-34(44)37-20-24-4-3-5-28(18-24)25-10-12-27(13-11-25)33-45-31(19-32(46-33)26-8-6-23(21-42)7-9-26)22-47-35-38-39-40-41(35)29-14-16-30(43)17-15-29/h3-18,31-33,42-43H,2,19-22H2,1H3,(H2,36,37,44)/t31-,32+,33+/m1/s1. The van der Waals surface area contributed by atoms with Gasteiger partial charge in [0.25, 0.3) is 0 Å². The number of nitrogens with one attached hydrogen (secondary N) is 2. The summed E-state index contributed by atoms with van der Waals surface area (Å²) in [5, 5.41) is 37.6. The lowest BCUT2D eigenvalue weighted by Crippen LogP contribution is -2.34. The van der Waals surface area contributed by atoms with Crippen LogP contribution in [-0.4, -0.2) is 54.9 Å². The number of phenols is 1. The molecule has 2 amide bonds. The molecule has 1 aromatic heterocycles. The maximum absolute atomic E-state index is 11.8. The number of phenolic OH excluding ortho intramolecular Hbond substituents is 1. The van der Waals surface area contributed by atoms with E-state index in [-0.39, 0.29) is 30.6 Å². The van der Waals surface area contributed by atoms with Gasteiger partial charge in [-0.15, -0.1) is 5.10 Å². The zero-order valence-electron chi connectivity index (χ0n) is 25.8. The number of tetrazole rings is 1. The Morgan fingerprint density at radius 3 is 2.43 bits per heavy atom. The number of thioether (sulfide) groups is 1. The zero-order chi connectivity index (χ0) is 32.6. The van der Waals surface area contributed by atoms with Gasteiger partial charge >= 0.3 is 6.03 Å². The number of ether oxygens (including phenoxy) is 2. The number of hydrogen-bond acceptors (Lipinski definition) is 9. The van der Waals surface area contributed by atoms with E-state index in [1.807, 2.05) is 73.7 Å². The molecule has 12 heteroatoms. The van der Waals surface area contributed by atoms with Gasteiger partial charge in [-0.25, -0.2) is 4.79 Å². The quantitative estimate of drug-likeness (QED) is 0.132. The lowest BCUT2D eigenvalue weighted by atomic mass is 9.99. The first-order chi connectivity index (χ1) is 23.0. The second-order valence-electron chi connectivity index (χ2n) is 11.1. The van der Waals surface area contributed by atoms with E-state index in [9.17, 15) is 15.0 Å². The maximum atomic E-state index is 11.8. The lowest BCUT2D eigenvalue weighted by Gasteiger charge is -2.36. The normalized spacial score (nSPS) is 17.7. The number of aromatic hydroxyl groups is 1. The summed E-state index contributed by atoms with van der Waals surface area (Å²) < 4.78 is 14.7. The summed E-state index contributed by atoms with van der Waals surface area (Å²) in [6, 6.07) is 30.5. The molecule has 6 rings (SSSR count). The molecule has 47 heavy (non-hydrogen) atoms. The van der Waals surface area contributed by atoms with Crippen LogP contribution < -0.4 is 10.6 Å². The van der Waals surface area contributed by atoms with Crippen molar-refractivity contribution >= 4 is 17.8 Å². The Balaban J connectivity index is 1.18. The highest BCUT2D eigenvalue weighted by Crippen LogP contribution is 2.40. The number of hydrogen-bond donors (Lipinski definition) is 4. The number of rotatable bonds is 11. The number of aliphatic hydroxyl groups is 1. The summed E-state index contributed by atoms with van der Waals surface area (Å²) in [4.78, 5) is 11.8. The second-order valence-corrected chi connectivity index (χ2v) is 12.1. The van der Waals surface area contributed by atoms with Crippen LogP contribution in [0.25, 0.3) is 16.8 Å². The van der Waals surface area contributed by atoms with E-state index < -0.39 is 6.29 Å². The fourth-order valence-electron chi connectivity index (χ4n) is 5.31. The van der Waals surface area contributed by atoms with Crippen molar-refractivity contribution in [3.05, 3.63) is 119 Å². The van der Waals surface area contributed by atoms with E-state index in [0.717, 1.165) is 39.1 Å². The van der Waals surface area contributed by atoms with Crippen molar-refractivity contribution in [2.75, 3.05) is 12.3 Å². The van der Waals surface area contributed by atoms with Gasteiger partial charge in [-0.05, 0) is 75.5 Å². The number of nitrogens with zero attached hydrogens (tertiary/aromatic N) is 4. The minimum absolute atomic E-state index is 0.0213. The van der Waals surface area contributed by atoms with Crippen LogP contribution in [0.1, 0.15) is 48.0 Å². The molecular weight excluding hydrogens is 616 g/mol. The van der Waals surface area contributed by atoms with Crippen LogP contribution in [-0.2, 0) is 22.6 Å². The summed E-state index contributed by atoms with van der Waals surface area (Å²) in [6.07, 6.45) is -0.390. The van der Waals surface area contributed by atoms with E-state index in [0.29, 0.717) is 30.4 Å². The molecular formula is C35H36N6O5S. The fraction of sp³-hybridized carbons (Fsp3) is 0.257. The van der Waals surface area contributed by atoms with Gasteiger partial charge in [0.15, 0.2) is 6.29 Å². The van der Waals surface area contributed by atoms with E-state index in [2.05, 4.69) is 32.2 Å². The highest BCUT2D eigenvalue weighted by molar-refractivity contribution is 7.99. The van der Waals surface area contributed by atoms with Gasteiger partial charge in [0, 0.05) is 30.8 Å². The van der Waals surface area contributed by atoms with Crippen LogP contribution in [0.4, 0.5) is 4.79 Å². The van der Waals surface area contributed by atoms with E-state index in [1.165, 1.54) is 11.8 Å². The maximum Gasteiger partial charge on any atom is 0.315 e. The molecule has 0 bridgehead atoms. The van der Waals surface area contributed by atoms with Gasteiger partial charge in [0.2, 0.25) is 5.16 Å². The summed E-state index contributed by atoms with van der Waals surface area (Å²) in [7, 11) is 0. The zero-order valence-corrected chi connectivity index (χ0v) is 26.6. The fourth-order valence-corrected chi connectivity index (χ4v) is 6.22. The summed E-state index contributed by atoms with van der Waals surface area (Å²) in [6.45, 7) is 2.87. The second kappa shape index (κ2) is 15.2. The van der Waals surface area contributed by atoms with Crippen molar-refractivity contribution in [1.29, 1.82) is 0 Å². The third-order valence-electron chi connectivity index (χ3n) is 7.78. The van der Waals surface area contributed by atoms with Crippen molar-refractivity contribution in [2.24, 2.45) is 0 Å². The molecule has 0 unspecified atom stereocenters. The smallest absolute Gasteiger partial charge is 0.315 e. The number of carbonyl (C=O) groups excluding carboxylic acids is 1. The van der Waals surface area contributed by atoms with Crippen LogP contribution in [0.5, 0.6) is 5.75 Å². The first-order valence-electron chi connectivity index (χ1n) is 15.4. The lowest BCUT2D eigenvalue weighted by molar-refractivity contribution is -0.245. The third-order valence-corrected chi connectivity index (χ3v) is 8.83. The monoisotopic (exact) mass is 652 g/mol. The van der Waals surface area contributed by atoms with Gasteiger partial charge in [-0.2, -0.15) is 4.68 Å². The molecule has 1 aliphatic heterocycles. The molecule has 4 aromatic carbocycles. The Labute approximate surface area is 276 Å². The number of carbonyl (C=O) groups is 1. The average Bonchev–Trinajstić information content (AvgIpc) is 3.59. The van der Waals surface area contributed by atoms with Crippen molar-refractivity contribution in [2.45, 2.75) is 50.2 Å². The third kappa shape index (κ3) is 8.16. The molecule has 242 valence electrons. The van der Waals surface area contributed by atoms with Gasteiger partial charge in [-0.3, -0.25) is 0 Å². The van der Waals surface area contributed by atoms with Crippen molar-refractivity contribution in [3.8, 4) is 22.6 Å². The van der Waals surface area contributed by atoms with Gasteiger partial charge in [0.1, 0.15) is 5.75 Å². The van der Waals surface area contributed by atoms with Crippen LogP contribution in [0.2, 0.25) is 0 Å². The number of aliphatic hydroxyl groups excluding tert-OH is 1. The Bertz CT molecular complexity index is 1770. The van der Waals surface area contributed by atoms with Crippen LogP contribution in [0.15, 0.2) is 102 Å². The number of urea groups is 1. The van der Waals surface area contributed by atoms with Crippen molar-refractivity contribution < 1.29 is 24.5 Å². The average molecular weight is 653 g/mol. The molecule has 1 fully saturated rings. The molecule has 11 nitrogen and oxygen atoms in total. The Morgan fingerprint density at radius 1 is 0.915 bits per heavy atom. The molecule has 0 spiro atoms. The molecule has 0 saturated carbocycles. The molecule has 2 heterocycles. The topological polar surface area (TPSA) is 144 Å². The molecule has 5 aromatic rings. The molecule has 3 atom stereocenters. The molecule has 1 saturated heterocycles. The summed E-state index contributed by atoms with van der Waals surface area (Å²) >= 11 is 1.49. The molecule has 0 aliphatic carbocycles. The van der Waals surface area contributed by atoms with Crippen LogP contribution in [0.3, 0.4) is 0 Å². The van der Waals surface area contributed by atoms with Crippen LogP contribution >= 0.6 is 11.8 Å². The van der Waals surface area contributed by atoms with Gasteiger partial charge in [-0.1, -0.05) is 78.5 Å².